The molecule has 0 bridgehead atoms. The number of nitrogens with zero attached hydrogens (tertiary/aromatic N) is 2. The smallest absolute Gasteiger partial charge is 0.205 e. The fraction of sp³-hybridized carbons (Fsp3) is 0.0714. The minimum absolute atomic E-state index is 0.289. The Morgan fingerprint density at radius 3 is 2.79 bits per heavy atom. The number of nitrogens with two attached hydrogens (primary N) is 1. The van der Waals surface area contributed by atoms with Crippen molar-refractivity contribution >= 4 is 28.6 Å². The molecule has 0 radical (unpaired) electrons. The second kappa shape index (κ2) is 4.24. The van der Waals surface area contributed by atoms with E-state index in [1.54, 1.807) is 16.7 Å². The average Bonchev–Trinajstić information content (AvgIpc) is 2.66. The van der Waals surface area contributed by atoms with Gasteiger partial charge in [-0.15, -0.1) is 0 Å². The third kappa shape index (κ3) is 1.85. The van der Waals surface area contributed by atoms with Crippen molar-refractivity contribution in [3.8, 4) is 5.69 Å². The number of hydrogen-bond donors (Lipinski definition) is 1. The number of rotatable bonds is 1. The molecule has 0 amide bonds. The summed E-state index contributed by atoms with van der Waals surface area (Å²) >= 11 is 6.24. The van der Waals surface area contributed by atoms with E-state index in [0.29, 0.717) is 16.1 Å². The van der Waals surface area contributed by atoms with Crippen LogP contribution in [-0.4, -0.2) is 9.55 Å². The van der Waals surface area contributed by atoms with E-state index in [1.165, 1.54) is 12.1 Å². The molecule has 0 atom stereocenters. The summed E-state index contributed by atoms with van der Waals surface area (Å²) in [5.74, 6) is -0.0462. The Morgan fingerprint density at radius 2 is 2.05 bits per heavy atom. The fourth-order valence-corrected chi connectivity index (χ4v) is 2.51. The fourth-order valence-electron chi connectivity index (χ4n) is 2.21. The lowest BCUT2D eigenvalue weighted by Crippen LogP contribution is -2.03. The highest BCUT2D eigenvalue weighted by Crippen LogP contribution is 2.30. The number of aryl methyl sites for hydroxylation is 1. The topological polar surface area (TPSA) is 43.8 Å². The molecule has 0 saturated heterocycles. The van der Waals surface area contributed by atoms with Crippen LogP contribution < -0.4 is 5.73 Å². The third-order valence-electron chi connectivity index (χ3n) is 3.05. The van der Waals surface area contributed by atoms with Crippen LogP contribution in [-0.2, 0) is 0 Å². The Labute approximate surface area is 114 Å². The molecule has 0 unspecified atom stereocenters. The van der Waals surface area contributed by atoms with Gasteiger partial charge in [0, 0.05) is 6.07 Å². The molecule has 0 aliphatic heterocycles. The first-order chi connectivity index (χ1) is 9.08. The van der Waals surface area contributed by atoms with E-state index in [0.717, 1.165) is 11.3 Å². The van der Waals surface area contributed by atoms with Gasteiger partial charge in [0.2, 0.25) is 5.95 Å². The lowest BCUT2D eigenvalue weighted by atomic mass is 10.2. The highest BCUT2D eigenvalue weighted by molar-refractivity contribution is 6.32. The number of aromatic nitrogens is 2. The van der Waals surface area contributed by atoms with Gasteiger partial charge in [-0.05, 0) is 30.7 Å². The van der Waals surface area contributed by atoms with Crippen LogP contribution in [0.5, 0.6) is 0 Å². The molecule has 0 spiro atoms. The Morgan fingerprint density at radius 1 is 1.26 bits per heavy atom. The second-order valence-electron chi connectivity index (χ2n) is 4.34. The van der Waals surface area contributed by atoms with Gasteiger partial charge in [0.05, 0.1) is 21.7 Å². The molecular formula is C14H11ClFN3. The lowest BCUT2D eigenvalue weighted by molar-refractivity contribution is 0.629. The van der Waals surface area contributed by atoms with Gasteiger partial charge in [-0.1, -0.05) is 23.7 Å². The van der Waals surface area contributed by atoms with Crippen LogP contribution in [0.3, 0.4) is 0 Å². The molecular weight excluding hydrogens is 265 g/mol. The second-order valence-corrected chi connectivity index (χ2v) is 4.75. The van der Waals surface area contributed by atoms with Gasteiger partial charge in [0.25, 0.3) is 0 Å². The van der Waals surface area contributed by atoms with Crippen molar-refractivity contribution in [3.05, 3.63) is 52.8 Å². The predicted molar refractivity (Wildman–Crippen MR) is 75.2 cm³/mol. The van der Waals surface area contributed by atoms with Crippen molar-refractivity contribution in [3.63, 3.8) is 0 Å². The number of anilines is 1. The Bertz CT molecular complexity index is 759. The highest BCUT2D eigenvalue weighted by atomic mass is 35.5. The average molecular weight is 276 g/mol. The monoisotopic (exact) mass is 275 g/mol. The summed E-state index contributed by atoms with van der Waals surface area (Å²) in [4.78, 5) is 4.23. The summed E-state index contributed by atoms with van der Waals surface area (Å²) < 4.78 is 15.1. The van der Waals surface area contributed by atoms with E-state index in [-0.39, 0.29) is 11.8 Å². The Balaban J connectivity index is 2.42. The molecule has 0 saturated carbocycles. The normalized spacial score (nSPS) is 11.1. The zero-order valence-corrected chi connectivity index (χ0v) is 10.9. The summed E-state index contributed by atoms with van der Waals surface area (Å²) in [5.41, 5.74) is 8.86. The summed E-state index contributed by atoms with van der Waals surface area (Å²) in [6, 6.07) is 9.92. The van der Waals surface area contributed by atoms with Crippen LogP contribution in [0.1, 0.15) is 5.56 Å². The van der Waals surface area contributed by atoms with Gasteiger partial charge in [0.1, 0.15) is 5.82 Å². The van der Waals surface area contributed by atoms with E-state index < -0.39 is 0 Å². The third-order valence-corrected chi connectivity index (χ3v) is 3.36. The van der Waals surface area contributed by atoms with Gasteiger partial charge < -0.3 is 5.73 Å². The SMILES string of the molecule is Cc1cccc(Cl)c1-n1c(N)nc2ccc(F)cc21. The zero-order chi connectivity index (χ0) is 13.6. The summed E-state index contributed by atoms with van der Waals surface area (Å²) in [6.45, 7) is 1.92. The zero-order valence-electron chi connectivity index (χ0n) is 10.2. The van der Waals surface area contributed by atoms with Crippen LogP contribution in [0.2, 0.25) is 5.02 Å². The summed E-state index contributed by atoms with van der Waals surface area (Å²) in [6.07, 6.45) is 0. The van der Waals surface area contributed by atoms with E-state index in [1.807, 2.05) is 19.1 Å². The molecule has 96 valence electrons. The molecule has 0 aliphatic rings. The largest absolute Gasteiger partial charge is 0.369 e. The Kier molecular flexibility index (Phi) is 2.68. The van der Waals surface area contributed by atoms with E-state index in [2.05, 4.69) is 4.98 Å². The quantitative estimate of drug-likeness (QED) is 0.736. The number of halogens is 2. The summed E-state index contributed by atoms with van der Waals surface area (Å²) in [5, 5.41) is 0.551. The standard InChI is InChI=1S/C14H11ClFN3/c1-8-3-2-4-10(15)13(8)19-12-7-9(16)5-6-11(12)18-14(19)17/h2-7H,1H3,(H2,17,18). The van der Waals surface area contributed by atoms with Crippen LogP contribution in [0.15, 0.2) is 36.4 Å². The van der Waals surface area contributed by atoms with Crippen molar-refractivity contribution in [2.45, 2.75) is 6.92 Å². The molecule has 2 aromatic carbocycles. The highest BCUT2D eigenvalue weighted by Gasteiger charge is 2.14. The molecule has 3 rings (SSSR count). The molecule has 19 heavy (non-hydrogen) atoms. The van der Waals surface area contributed by atoms with Gasteiger partial charge in [-0.2, -0.15) is 0 Å². The molecule has 3 aromatic rings. The number of benzene rings is 2. The van der Waals surface area contributed by atoms with Crippen LogP contribution in [0.4, 0.5) is 10.3 Å². The number of hydrogen-bond acceptors (Lipinski definition) is 2. The van der Waals surface area contributed by atoms with Gasteiger partial charge in [-0.25, -0.2) is 9.37 Å². The molecule has 1 aromatic heterocycles. The molecule has 0 aliphatic carbocycles. The van der Waals surface area contributed by atoms with Crippen LogP contribution in [0.25, 0.3) is 16.7 Å². The van der Waals surface area contributed by atoms with Crippen LogP contribution in [0, 0.1) is 12.7 Å². The van der Waals surface area contributed by atoms with Crippen molar-refractivity contribution in [2.75, 3.05) is 5.73 Å². The maximum Gasteiger partial charge on any atom is 0.205 e. The van der Waals surface area contributed by atoms with Gasteiger partial charge in [-0.3, -0.25) is 4.57 Å². The van der Waals surface area contributed by atoms with Crippen molar-refractivity contribution in [2.24, 2.45) is 0 Å². The number of imidazole rings is 1. The first-order valence-corrected chi connectivity index (χ1v) is 6.14. The minimum Gasteiger partial charge on any atom is -0.369 e. The first kappa shape index (κ1) is 12.0. The van der Waals surface area contributed by atoms with Gasteiger partial charge in [0.15, 0.2) is 0 Å². The Hall–Kier alpha value is -2.07. The first-order valence-electron chi connectivity index (χ1n) is 5.77. The van der Waals surface area contributed by atoms with Gasteiger partial charge >= 0.3 is 0 Å². The maximum absolute atomic E-state index is 13.4. The van der Waals surface area contributed by atoms with E-state index >= 15 is 0 Å². The molecule has 2 N–H and O–H groups in total. The predicted octanol–water partition coefficient (Wildman–Crippen LogP) is 3.71. The molecule has 3 nitrogen and oxygen atoms in total. The van der Waals surface area contributed by atoms with E-state index in [4.69, 9.17) is 17.3 Å². The number of nitrogen functional groups attached to an aromatic ring is 1. The lowest BCUT2D eigenvalue weighted by Gasteiger charge is -2.11. The van der Waals surface area contributed by atoms with Crippen molar-refractivity contribution in [1.29, 1.82) is 0 Å². The van der Waals surface area contributed by atoms with Crippen molar-refractivity contribution < 1.29 is 4.39 Å². The molecule has 0 fully saturated rings. The van der Waals surface area contributed by atoms with E-state index in [9.17, 15) is 4.39 Å². The maximum atomic E-state index is 13.4. The molecule has 5 heteroatoms. The van der Waals surface area contributed by atoms with Crippen LogP contribution >= 0.6 is 11.6 Å². The number of para-hydroxylation sites is 1. The minimum atomic E-state index is -0.335. The van der Waals surface area contributed by atoms with Crippen molar-refractivity contribution in [1.82, 2.24) is 9.55 Å². The molecule has 1 heterocycles. The summed E-state index contributed by atoms with van der Waals surface area (Å²) in [7, 11) is 0. The number of fused-ring (bicyclic) bond motifs is 1.